The highest BCUT2D eigenvalue weighted by Gasteiger charge is 2.22. The molecule has 0 atom stereocenters. The summed E-state index contributed by atoms with van der Waals surface area (Å²) >= 11 is 0. The summed E-state index contributed by atoms with van der Waals surface area (Å²) in [5.74, 6) is -0.941. The van der Waals surface area contributed by atoms with Crippen LogP contribution in [0, 0.1) is 5.82 Å². The zero-order valence-electron chi connectivity index (χ0n) is 13.9. The van der Waals surface area contributed by atoms with Gasteiger partial charge >= 0.3 is 5.97 Å². The number of ether oxygens (including phenoxy) is 1. The van der Waals surface area contributed by atoms with E-state index >= 15 is 0 Å². The Morgan fingerprint density at radius 3 is 2.64 bits per heavy atom. The van der Waals surface area contributed by atoms with Crippen molar-refractivity contribution in [2.45, 2.75) is 25.7 Å². The first kappa shape index (κ1) is 17.1. The molecule has 130 valence electrons. The number of hydrogen-bond donors (Lipinski definition) is 0. The van der Waals surface area contributed by atoms with E-state index in [0.29, 0.717) is 13.0 Å². The first-order valence-electron chi connectivity index (χ1n) is 8.42. The molecular formula is C20H20FNO3. The van der Waals surface area contributed by atoms with Crippen molar-refractivity contribution in [3.63, 3.8) is 0 Å². The molecule has 0 N–H and O–H groups in total. The molecule has 0 aliphatic carbocycles. The summed E-state index contributed by atoms with van der Waals surface area (Å²) in [6.07, 6.45) is 2.48. The maximum Gasteiger partial charge on any atom is 0.306 e. The van der Waals surface area contributed by atoms with Crippen molar-refractivity contribution in [3.05, 3.63) is 65.5 Å². The van der Waals surface area contributed by atoms with Crippen LogP contribution in [0.25, 0.3) is 0 Å². The monoisotopic (exact) mass is 341 g/mol. The second-order valence-corrected chi connectivity index (χ2v) is 6.06. The van der Waals surface area contributed by atoms with Crippen LogP contribution >= 0.6 is 0 Å². The van der Waals surface area contributed by atoms with Crippen LogP contribution < -0.4 is 4.90 Å². The Morgan fingerprint density at radius 1 is 1.08 bits per heavy atom. The standard InChI is InChI=1S/C20H20FNO3/c21-17-10-7-15(8-11-17)9-12-20(24)25-14-19(23)22-13-3-5-16-4-1-2-6-18(16)22/h1-2,4,6-8,10-11H,3,5,9,12-14H2. The van der Waals surface area contributed by atoms with Gasteiger partial charge in [-0.15, -0.1) is 0 Å². The van der Waals surface area contributed by atoms with Crippen LogP contribution in [0.4, 0.5) is 10.1 Å². The Bertz CT molecular complexity index is 758. The minimum Gasteiger partial charge on any atom is -0.456 e. The lowest BCUT2D eigenvalue weighted by molar-refractivity contribution is -0.147. The molecule has 5 heteroatoms. The molecule has 1 aliphatic heterocycles. The molecule has 0 radical (unpaired) electrons. The van der Waals surface area contributed by atoms with Crippen molar-refractivity contribution in [1.82, 2.24) is 0 Å². The molecule has 1 aliphatic rings. The number of anilines is 1. The van der Waals surface area contributed by atoms with E-state index < -0.39 is 5.97 Å². The van der Waals surface area contributed by atoms with Crippen LogP contribution in [0.15, 0.2) is 48.5 Å². The zero-order valence-corrected chi connectivity index (χ0v) is 13.9. The van der Waals surface area contributed by atoms with Gasteiger partial charge in [0.15, 0.2) is 6.61 Å². The van der Waals surface area contributed by atoms with Gasteiger partial charge in [-0.05, 0) is 48.6 Å². The fourth-order valence-electron chi connectivity index (χ4n) is 2.98. The average molecular weight is 341 g/mol. The quantitative estimate of drug-likeness (QED) is 0.784. The molecule has 3 rings (SSSR count). The van der Waals surface area contributed by atoms with Crippen molar-refractivity contribution in [1.29, 1.82) is 0 Å². The molecule has 0 fully saturated rings. The fraction of sp³-hybridized carbons (Fsp3) is 0.300. The van der Waals surface area contributed by atoms with Gasteiger partial charge in [0.1, 0.15) is 5.82 Å². The summed E-state index contributed by atoms with van der Waals surface area (Å²) in [5, 5.41) is 0. The molecule has 0 saturated heterocycles. The number of rotatable bonds is 5. The van der Waals surface area contributed by atoms with Crippen molar-refractivity contribution < 1.29 is 18.7 Å². The van der Waals surface area contributed by atoms with Crippen molar-refractivity contribution in [3.8, 4) is 0 Å². The fourth-order valence-corrected chi connectivity index (χ4v) is 2.98. The Morgan fingerprint density at radius 2 is 1.84 bits per heavy atom. The minimum atomic E-state index is -0.428. The molecule has 0 saturated carbocycles. The Balaban J connectivity index is 1.49. The minimum absolute atomic E-state index is 0.162. The predicted octanol–water partition coefficient (Wildman–Crippen LogP) is 3.28. The van der Waals surface area contributed by atoms with E-state index in [0.717, 1.165) is 29.7 Å². The number of hydrogen-bond acceptors (Lipinski definition) is 3. The summed E-state index contributed by atoms with van der Waals surface area (Å²) in [4.78, 5) is 25.9. The summed E-state index contributed by atoms with van der Waals surface area (Å²) in [6, 6.07) is 13.8. The highest BCUT2D eigenvalue weighted by atomic mass is 19.1. The topological polar surface area (TPSA) is 46.6 Å². The summed E-state index contributed by atoms with van der Waals surface area (Å²) in [5.41, 5.74) is 2.90. The SMILES string of the molecule is O=C(CCc1ccc(F)cc1)OCC(=O)N1CCCc2ccccc21. The number of carbonyl (C=O) groups is 2. The lowest BCUT2D eigenvalue weighted by Crippen LogP contribution is -2.38. The lowest BCUT2D eigenvalue weighted by Gasteiger charge is -2.29. The maximum atomic E-state index is 12.8. The van der Waals surface area contributed by atoms with E-state index in [9.17, 15) is 14.0 Å². The normalized spacial score (nSPS) is 13.2. The van der Waals surface area contributed by atoms with Gasteiger partial charge < -0.3 is 9.64 Å². The summed E-state index contributed by atoms with van der Waals surface area (Å²) in [6.45, 7) is 0.388. The van der Waals surface area contributed by atoms with Crippen LogP contribution in [-0.4, -0.2) is 25.0 Å². The van der Waals surface area contributed by atoms with Crippen LogP contribution in [0.5, 0.6) is 0 Å². The summed E-state index contributed by atoms with van der Waals surface area (Å²) in [7, 11) is 0. The van der Waals surface area contributed by atoms with Crippen LogP contribution in [0.3, 0.4) is 0 Å². The number of carbonyl (C=O) groups excluding carboxylic acids is 2. The Hall–Kier alpha value is -2.69. The highest BCUT2D eigenvalue weighted by Crippen LogP contribution is 2.26. The number of esters is 1. The maximum absolute atomic E-state index is 12.8. The number of aryl methyl sites for hydroxylation is 2. The molecule has 4 nitrogen and oxygen atoms in total. The smallest absolute Gasteiger partial charge is 0.306 e. The average Bonchev–Trinajstić information content (AvgIpc) is 2.65. The number of nitrogens with zero attached hydrogens (tertiary/aromatic N) is 1. The van der Waals surface area contributed by atoms with E-state index in [-0.39, 0.29) is 24.8 Å². The number of amides is 1. The van der Waals surface area contributed by atoms with Gasteiger partial charge in [0.25, 0.3) is 5.91 Å². The van der Waals surface area contributed by atoms with Crippen LogP contribution in [0.1, 0.15) is 24.0 Å². The molecule has 0 unspecified atom stereocenters. The van der Waals surface area contributed by atoms with E-state index in [1.807, 2.05) is 24.3 Å². The summed E-state index contributed by atoms with van der Waals surface area (Å²) < 4.78 is 18.0. The van der Waals surface area contributed by atoms with Crippen molar-refractivity contribution in [2.24, 2.45) is 0 Å². The third kappa shape index (κ3) is 4.44. The number of halogens is 1. The largest absolute Gasteiger partial charge is 0.456 e. The molecular weight excluding hydrogens is 321 g/mol. The molecule has 25 heavy (non-hydrogen) atoms. The van der Waals surface area contributed by atoms with Gasteiger partial charge in [-0.25, -0.2) is 4.39 Å². The molecule has 0 aromatic heterocycles. The van der Waals surface area contributed by atoms with Gasteiger partial charge in [0.2, 0.25) is 0 Å². The molecule has 1 heterocycles. The molecule has 0 bridgehead atoms. The third-order valence-electron chi connectivity index (χ3n) is 4.30. The second-order valence-electron chi connectivity index (χ2n) is 6.06. The van der Waals surface area contributed by atoms with Crippen LogP contribution in [0.2, 0.25) is 0 Å². The predicted molar refractivity (Wildman–Crippen MR) is 92.8 cm³/mol. The van der Waals surface area contributed by atoms with Gasteiger partial charge in [-0.1, -0.05) is 30.3 Å². The second kappa shape index (κ2) is 7.92. The van der Waals surface area contributed by atoms with E-state index in [4.69, 9.17) is 4.74 Å². The molecule has 1 amide bonds. The van der Waals surface area contributed by atoms with Gasteiger partial charge in [0.05, 0.1) is 0 Å². The van der Waals surface area contributed by atoms with Gasteiger partial charge in [0, 0.05) is 18.7 Å². The lowest BCUT2D eigenvalue weighted by atomic mass is 10.0. The highest BCUT2D eigenvalue weighted by molar-refractivity contribution is 5.96. The number of benzene rings is 2. The van der Waals surface area contributed by atoms with Gasteiger partial charge in [-0.3, -0.25) is 9.59 Å². The molecule has 0 spiro atoms. The van der Waals surface area contributed by atoms with E-state index in [1.165, 1.54) is 12.1 Å². The van der Waals surface area contributed by atoms with Crippen molar-refractivity contribution >= 4 is 17.6 Å². The third-order valence-corrected chi connectivity index (χ3v) is 4.30. The Labute approximate surface area is 146 Å². The molecule has 2 aromatic carbocycles. The van der Waals surface area contributed by atoms with Crippen molar-refractivity contribution in [2.75, 3.05) is 18.1 Å². The molecule has 2 aromatic rings. The first-order chi connectivity index (χ1) is 12.1. The van der Waals surface area contributed by atoms with E-state index in [2.05, 4.69) is 0 Å². The van der Waals surface area contributed by atoms with Crippen LogP contribution in [-0.2, 0) is 27.2 Å². The number of para-hydroxylation sites is 1. The first-order valence-corrected chi connectivity index (χ1v) is 8.42. The zero-order chi connectivity index (χ0) is 17.6. The Kier molecular flexibility index (Phi) is 5.43. The number of fused-ring (bicyclic) bond motifs is 1. The van der Waals surface area contributed by atoms with E-state index in [1.54, 1.807) is 17.0 Å². The van der Waals surface area contributed by atoms with Gasteiger partial charge in [-0.2, -0.15) is 0 Å².